The van der Waals surface area contributed by atoms with Crippen LogP contribution in [0.25, 0.3) is 0 Å². The van der Waals surface area contributed by atoms with Gasteiger partial charge in [0.15, 0.2) is 5.78 Å². The number of benzene rings is 2. The Morgan fingerprint density at radius 2 is 1.90 bits per heavy atom. The Morgan fingerprint density at radius 3 is 2.60 bits per heavy atom. The maximum atomic E-state index is 12.0. The van der Waals surface area contributed by atoms with Gasteiger partial charge in [0, 0.05) is 10.0 Å². The smallest absolute Gasteiger partial charge is 0.188 e. The number of rotatable bonds is 6. The Balaban J connectivity index is 1.87. The number of hydrogen-bond donors (Lipinski definition) is 0. The van der Waals surface area contributed by atoms with E-state index in [1.807, 2.05) is 24.3 Å². The lowest BCUT2D eigenvalue weighted by Crippen LogP contribution is -2.09. The van der Waals surface area contributed by atoms with Crippen LogP contribution in [0.5, 0.6) is 5.75 Å². The van der Waals surface area contributed by atoms with Gasteiger partial charge in [-0.05, 0) is 29.8 Å². The molecule has 0 fully saturated rings. The molecule has 0 amide bonds. The molecule has 2 aromatic rings. The Bertz CT molecular complexity index is 579. The third-order valence-corrected chi connectivity index (χ3v) is 3.34. The average molecular weight is 335 g/mol. The van der Waals surface area contributed by atoms with E-state index < -0.39 is 0 Å². The molecule has 0 N–H and O–H groups in total. The molecule has 0 aromatic heterocycles. The van der Waals surface area contributed by atoms with Crippen LogP contribution in [0.15, 0.2) is 53.0 Å². The first kappa shape index (κ1) is 14.8. The van der Waals surface area contributed by atoms with Crippen molar-refractivity contribution in [1.29, 1.82) is 0 Å². The molecule has 0 heterocycles. The minimum absolute atomic E-state index is 0.0546. The van der Waals surface area contributed by atoms with Gasteiger partial charge in [0.2, 0.25) is 0 Å². The van der Waals surface area contributed by atoms with Gasteiger partial charge < -0.3 is 9.47 Å². The highest BCUT2D eigenvalue weighted by Crippen LogP contribution is 2.14. The average Bonchev–Trinajstić information content (AvgIpc) is 2.49. The van der Waals surface area contributed by atoms with Crippen LogP contribution in [-0.2, 0) is 11.3 Å². The largest absolute Gasteiger partial charge is 0.497 e. The quantitative estimate of drug-likeness (QED) is 0.752. The van der Waals surface area contributed by atoms with Crippen LogP contribution in [0.2, 0.25) is 0 Å². The minimum Gasteiger partial charge on any atom is -0.497 e. The van der Waals surface area contributed by atoms with Gasteiger partial charge in [0.25, 0.3) is 0 Å². The molecule has 0 aliphatic heterocycles. The van der Waals surface area contributed by atoms with Gasteiger partial charge in [-0.15, -0.1) is 0 Å². The second kappa shape index (κ2) is 7.22. The van der Waals surface area contributed by atoms with Crippen LogP contribution in [0.1, 0.15) is 15.9 Å². The van der Waals surface area contributed by atoms with Gasteiger partial charge in [-0.2, -0.15) is 0 Å². The van der Waals surface area contributed by atoms with Crippen LogP contribution in [0, 0.1) is 0 Å². The van der Waals surface area contributed by atoms with Crippen LogP contribution >= 0.6 is 15.9 Å². The molecule has 3 nitrogen and oxygen atoms in total. The molecule has 0 atom stereocenters. The standard InChI is InChI=1S/C16H15BrO3/c1-19-15-4-2-3-13(9-15)16(18)11-20-10-12-5-7-14(17)8-6-12/h2-9H,10-11H2,1H3. The van der Waals surface area contributed by atoms with Crippen LogP contribution < -0.4 is 4.74 Å². The van der Waals surface area contributed by atoms with Crippen molar-refractivity contribution >= 4 is 21.7 Å². The number of methoxy groups -OCH3 is 1. The molecule has 0 aliphatic carbocycles. The molecular weight excluding hydrogens is 320 g/mol. The van der Waals surface area contributed by atoms with Crippen molar-refractivity contribution in [1.82, 2.24) is 0 Å². The first-order chi connectivity index (χ1) is 9.69. The van der Waals surface area contributed by atoms with E-state index in [2.05, 4.69) is 15.9 Å². The third kappa shape index (κ3) is 4.18. The zero-order valence-electron chi connectivity index (χ0n) is 11.1. The number of carbonyl (C=O) groups excluding carboxylic acids is 1. The fraction of sp³-hybridized carbons (Fsp3) is 0.188. The summed E-state index contributed by atoms with van der Waals surface area (Å²) in [7, 11) is 1.58. The molecule has 0 spiro atoms. The summed E-state index contributed by atoms with van der Waals surface area (Å²) in [4.78, 5) is 12.0. The molecular formula is C16H15BrO3. The predicted octanol–water partition coefficient (Wildman–Crippen LogP) is 3.86. The fourth-order valence-corrected chi connectivity index (χ4v) is 1.99. The van der Waals surface area contributed by atoms with E-state index in [0.29, 0.717) is 17.9 Å². The predicted molar refractivity (Wildman–Crippen MR) is 81.1 cm³/mol. The Hall–Kier alpha value is -1.65. The highest BCUT2D eigenvalue weighted by atomic mass is 79.9. The first-order valence-electron chi connectivity index (χ1n) is 6.18. The summed E-state index contributed by atoms with van der Waals surface area (Å²) >= 11 is 3.37. The summed E-state index contributed by atoms with van der Waals surface area (Å²) in [5.74, 6) is 0.616. The van der Waals surface area contributed by atoms with Crippen molar-refractivity contribution < 1.29 is 14.3 Å². The fourth-order valence-electron chi connectivity index (χ4n) is 1.72. The van der Waals surface area contributed by atoms with Crippen molar-refractivity contribution in [3.63, 3.8) is 0 Å². The molecule has 4 heteroatoms. The van der Waals surface area contributed by atoms with E-state index in [4.69, 9.17) is 9.47 Å². The molecule has 0 aliphatic rings. The summed E-state index contributed by atoms with van der Waals surface area (Å²) in [5, 5.41) is 0. The highest BCUT2D eigenvalue weighted by Gasteiger charge is 2.07. The zero-order chi connectivity index (χ0) is 14.4. The minimum atomic E-state index is -0.0546. The number of hydrogen-bond acceptors (Lipinski definition) is 3. The molecule has 20 heavy (non-hydrogen) atoms. The van der Waals surface area contributed by atoms with Crippen LogP contribution in [0.4, 0.5) is 0 Å². The van der Waals surface area contributed by atoms with Crippen LogP contribution in [-0.4, -0.2) is 19.5 Å². The summed E-state index contributed by atoms with van der Waals surface area (Å²) < 4.78 is 11.6. The molecule has 0 saturated carbocycles. The molecule has 0 unspecified atom stereocenters. The van der Waals surface area contributed by atoms with Gasteiger partial charge in [-0.1, -0.05) is 40.2 Å². The highest BCUT2D eigenvalue weighted by molar-refractivity contribution is 9.10. The Labute approximate surface area is 126 Å². The van der Waals surface area contributed by atoms with Crippen molar-refractivity contribution in [2.24, 2.45) is 0 Å². The van der Waals surface area contributed by atoms with E-state index in [-0.39, 0.29) is 12.4 Å². The van der Waals surface area contributed by atoms with Gasteiger partial charge in [0.05, 0.1) is 13.7 Å². The number of Topliss-reactive ketones (excluding diaryl/α,β-unsaturated/α-hetero) is 1. The normalized spacial score (nSPS) is 10.3. The lowest BCUT2D eigenvalue weighted by Gasteiger charge is -2.06. The van der Waals surface area contributed by atoms with E-state index in [1.165, 1.54) is 0 Å². The molecule has 0 radical (unpaired) electrons. The Morgan fingerprint density at radius 1 is 1.15 bits per heavy atom. The second-order valence-electron chi connectivity index (χ2n) is 4.27. The Kier molecular flexibility index (Phi) is 5.32. The third-order valence-electron chi connectivity index (χ3n) is 2.81. The van der Waals surface area contributed by atoms with Gasteiger partial charge in [0.1, 0.15) is 12.4 Å². The van der Waals surface area contributed by atoms with Crippen molar-refractivity contribution in [2.45, 2.75) is 6.61 Å². The monoisotopic (exact) mass is 334 g/mol. The lowest BCUT2D eigenvalue weighted by molar-refractivity contribution is 0.0726. The van der Waals surface area contributed by atoms with E-state index in [9.17, 15) is 4.79 Å². The maximum absolute atomic E-state index is 12.0. The topological polar surface area (TPSA) is 35.5 Å². The maximum Gasteiger partial charge on any atom is 0.188 e. The van der Waals surface area contributed by atoms with E-state index in [1.54, 1.807) is 31.4 Å². The SMILES string of the molecule is COc1cccc(C(=O)COCc2ccc(Br)cc2)c1. The second-order valence-corrected chi connectivity index (χ2v) is 5.19. The number of ketones is 1. The summed E-state index contributed by atoms with van der Waals surface area (Å²) in [6.07, 6.45) is 0. The summed E-state index contributed by atoms with van der Waals surface area (Å²) in [6.45, 7) is 0.478. The van der Waals surface area contributed by atoms with Crippen molar-refractivity contribution in [2.75, 3.05) is 13.7 Å². The zero-order valence-corrected chi connectivity index (χ0v) is 12.7. The number of ether oxygens (including phenoxy) is 2. The molecule has 104 valence electrons. The first-order valence-corrected chi connectivity index (χ1v) is 6.98. The number of halogens is 1. The lowest BCUT2D eigenvalue weighted by atomic mass is 10.1. The number of carbonyl (C=O) groups is 1. The molecule has 2 aromatic carbocycles. The van der Waals surface area contributed by atoms with Crippen molar-refractivity contribution in [3.05, 3.63) is 64.1 Å². The summed E-state index contributed by atoms with van der Waals surface area (Å²) in [5.41, 5.74) is 1.63. The van der Waals surface area contributed by atoms with Gasteiger partial charge >= 0.3 is 0 Å². The van der Waals surface area contributed by atoms with Crippen LogP contribution in [0.3, 0.4) is 0 Å². The van der Waals surface area contributed by atoms with Gasteiger partial charge in [-0.3, -0.25) is 4.79 Å². The van der Waals surface area contributed by atoms with Gasteiger partial charge in [-0.25, -0.2) is 0 Å². The van der Waals surface area contributed by atoms with Crippen molar-refractivity contribution in [3.8, 4) is 5.75 Å². The molecule has 0 bridgehead atoms. The molecule has 2 rings (SSSR count). The van der Waals surface area contributed by atoms with E-state index >= 15 is 0 Å². The van der Waals surface area contributed by atoms with E-state index in [0.717, 1.165) is 10.0 Å². The molecule has 0 saturated heterocycles. The summed E-state index contributed by atoms with van der Waals surface area (Å²) in [6, 6.07) is 14.9.